The summed E-state index contributed by atoms with van der Waals surface area (Å²) in [6.45, 7) is 7.87. The zero-order valence-corrected chi connectivity index (χ0v) is 11.9. The highest BCUT2D eigenvalue weighted by Gasteiger charge is 2.07. The number of rotatable bonds is 5. The second-order valence-corrected chi connectivity index (χ2v) is 5.68. The molecule has 2 heterocycles. The van der Waals surface area contributed by atoms with E-state index in [1.807, 2.05) is 12.3 Å². The van der Waals surface area contributed by atoms with Crippen molar-refractivity contribution >= 4 is 21.6 Å². The monoisotopic (exact) mass is 265 g/mol. The molecule has 1 N–H and O–H groups in total. The van der Waals surface area contributed by atoms with Gasteiger partial charge in [0.2, 0.25) is 0 Å². The quantitative estimate of drug-likeness (QED) is 0.843. The van der Waals surface area contributed by atoms with Gasteiger partial charge in [-0.1, -0.05) is 13.8 Å². The molecule has 2 rings (SSSR count). The van der Waals surface area contributed by atoms with Gasteiger partial charge in [-0.05, 0) is 30.8 Å². The van der Waals surface area contributed by atoms with Crippen LogP contribution in [0.15, 0.2) is 16.5 Å². The Hall–Kier alpha value is -1.20. The highest BCUT2D eigenvalue weighted by Crippen LogP contribution is 2.19. The molecule has 18 heavy (non-hydrogen) atoms. The van der Waals surface area contributed by atoms with Crippen LogP contribution in [0.3, 0.4) is 0 Å². The molecule has 2 aromatic rings. The lowest BCUT2D eigenvalue weighted by Crippen LogP contribution is -2.26. The molecule has 0 spiro atoms. The first-order valence-electron chi connectivity index (χ1n) is 6.26. The molecule has 0 atom stereocenters. The van der Waals surface area contributed by atoms with Crippen molar-refractivity contribution in [2.24, 2.45) is 0 Å². The van der Waals surface area contributed by atoms with Crippen molar-refractivity contribution < 1.29 is 0 Å². The third-order valence-electron chi connectivity index (χ3n) is 2.85. The lowest BCUT2D eigenvalue weighted by molar-refractivity contribution is 0.529. The van der Waals surface area contributed by atoms with E-state index in [4.69, 9.17) is 0 Å². The summed E-state index contributed by atoms with van der Waals surface area (Å²) >= 11 is 1.49. The van der Waals surface area contributed by atoms with Gasteiger partial charge in [-0.2, -0.15) is 0 Å². The highest BCUT2D eigenvalue weighted by atomic mass is 32.1. The maximum Gasteiger partial charge on any atom is 0.271 e. The number of hydrogen-bond acceptors (Lipinski definition) is 4. The van der Waals surface area contributed by atoms with Crippen LogP contribution in [-0.4, -0.2) is 22.1 Å². The van der Waals surface area contributed by atoms with E-state index in [9.17, 15) is 4.79 Å². The topological polar surface area (TPSA) is 46.9 Å². The maximum absolute atomic E-state index is 12.2. The van der Waals surface area contributed by atoms with Gasteiger partial charge in [0.05, 0.1) is 11.8 Å². The van der Waals surface area contributed by atoms with Crippen LogP contribution >= 0.6 is 11.3 Å². The minimum absolute atomic E-state index is 0.0858. The molecule has 0 radical (unpaired) electrons. The summed E-state index contributed by atoms with van der Waals surface area (Å²) in [6, 6.07) is 0.488. The largest absolute Gasteiger partial charge is 0.314 e. The predicted molar refractivity (Wildman–Crippen MR) is 76.4 cm³/mol. The number of hydrogen-bond donors (Lipinski definition) is 1. The van der Waals surface area contributed by atoms with Crippen molar-refractivity contribution in [1.29, 1.82) is 0 Å². The minimum atomic E-state index is 0.0858. The lowest BCUT2D eigenvalue weighted by atomic mass is 10.3. The van der Waals surface area contributed by atoms with E-state index >= 15 is 0 Å². The van der Waals surface area contributed by atoms with Gasteiger partial charge >= 0.3 is 0 Å². The molecule has 0 unspecified atom stereocenters. The van der Waals surface area contributed by atoms with E-state index in [2.05, 4.69) is 24.1 Å². The van der Waals surface area contributed by atoms with Gasteiger partial charge in [0.1, 0.15) is 4.70 Å². The Kier molecular flexibility index (Phi) is 4.14. The summed E-state index contributed by atoms with van der Waals surface area (Å²) in [6.07, 6.45) is 2.61. The van der Waals surface area contributed by atoms with Crippen molar-refractivity contribution in [3.05, 3.63) is 27.6 Å². The molecule has 0 fully saturated rings. The minimum Gasteiger partial charge on any atom is -0.314 e. The number of thiophene rings is 1. The van der Waals surface area contributed by atoms with Crippen LogP contribution in [0.25, 0.3) is 10.2 Å². The highest BCUT2D eigenvalue weighted by molar-refractivity contribution is 7.17. The van der Waals surface area contributed by atoms with E-state index in [0.717, 1.165) is 35.3 Å². The summed E-state index contributed by atoms with van der Waals surface area (Å²) in [5, 5.41) is 5.33. The van der Waals surface area contributed by atoms with Gasteiger partial charge in [0.15, 0.2) is 0 Å². The summed E-state index contributed by atoms with van der Waals surface area (Å²) in [4.78, 5) is 16.6. The van der Waals surface area contributed by atoms with Crippen LogP contribution in [0.1, 0.15) is 25.8 Å². The Balaban J connectivity index is 2.10. The van der Waals surface area contributed by atoms with Crippen LogP contribution in [0, 0.1) is 6.92 Å². The van der Waals surface area contributed by atoms with Crippen LogP contribution in [-0.2, 0) is 6.54 Å². The molecular formula is C13H19N3OS. The number of nitrogens with zero attached hydrogens (tertiary/aromatic N) is 2. The molecule has 0 saturated heterocycles. The number of aromatic nitrogens is 2. The summed E-state index contributed by atoms with van der Waals surface area (Å²) in [5.41, 5.74) is 2.02. The van der Waals surface area contributed by atoms with Crippen molar-refractivity contribution in [3.8, 4) is 0 Å². The van der Waals surface area contributed by atoms with E-state index in [1.54, 1.807) is 10.9 Å². The van der Waals surface area contributed by atoms with Gasteiger partial charge in [0, 0.05) is 12.6 Å². The third kappa shape index (κ3) is 2.79. The second kappa shape index (κ2) is 5.63. The van der Waals surface area contributed by atoms with Crippen LogP contribution < -0.4 is 10.9 Å². The molecule has 0 aliphatic rings. The first-order valence-corrected chi connectivity index (χ1v) is 7.14. The normalized spacial score (nSPS) is 11.6. The van der Waals surface area contributed by atoms with Gasteiger partial charge in [0.25, 0.3) is 5.56 Å². The zero-order valence-electron chi connectivity index (χ0n) is 11.1. The SMILES string of the molecule is Cc1csc2c(=O)n(CCCNC(C)C)cnc12. The first kappa shape index (κ1) is 13.2. The second-order valence-electron chi connectivity index (χ2n) is 4.80. The van der Waals surface area contributed by atoms with Gasteiger partial charge in [-0.25, -0.2) is 4.98 Å². The van der Waals surface area contributed by atoms with Gasteiger partial charge in [-0.15, -0.1) is 11.3 Å². The average Bonchev–Trinajstić information content (AvgIpc) is 2.70. The van der Waals surface area contributed by atoms with Crippen LogP contribution in [0.2, 0.25) is 0 Å². The standard InChI is InChI=1S/C13H19N3OS/c1-9(2)14-5-4-6-16-8-15-11-10(3)7-18-12(11)13(16)17/h7-9,14H,4-6H2,1-3H3. The Bertz CT molecular complexity index is 585. The van der Waals surface area contributed by atoms with Gasteiger partial charge in [-0.3, -0.25) is 9.36 Å². The van der Waals surface area contributed by atoms with Crippen LogP contribution in [0.4, 0.5) is 0 Å². The maximum atomic E-state index is 12.2. The number of aryl methyl sites for hydroxylation is 2. The van der Waals surface area contributed by atoms with E-state index in [0.29, 0.717) is 6.04 Å². The molecule has 2 aromatic heterocycles. The van der Waals surface area contributed by atoms with Crippen molar-refractivity contribution in [3.63, 3.8) is 0 Å². The molecule has 0 bridgehead atoms. The molecule has 0 aromatic carbocycles. The molecule has 5 heteroatoms. The summed E-state index contributed by atoms with van der Waals surface area (Å²) < 4.78 is 2.48. The van der Waals surface area contributed by atoms with E-state index in [1.165, 1.54) is 11.3 Å². The Morgan fingerprint density at radius 2 is 2.28 bits per heavy atom. The molecule has 4 nitrogen and oxygen atoms in total. The van der Waals surface area contributed by atoms with Gasteiger partial charge < -0.3 is 5.32 Å². The number of nitrogens with one attached hydrogen (secondary N) is 1. The first-order chi connectivity index (χ1) is 8.59. The van der Waals surface area contributed by atoms with E-state index in [-0.39, 0.29) is 5.56 Å². The Morgan fingerprint density at radius 1 is 1.50 bits per heavy atom. The molecule has 98 valence electrons. The molecule has 0 aliphatic heterocycles. The number of fused-ring (bicyclic) bond motifs is 1. The fourth-order valence-corrected chi connectivity index (χ4v) is 2.81. The zero-order chi connectivity index (χ0) is 13.1. The predicted octanol–water partition coefficient (Wildman–Crippen LogP) is 2.15. The lowest BCUT2D eigenvalue weighted by Gasteiger charge is -2.08. The Labute approximate surface area is 111 Å². The van der Waals surface area contributed by atoms with Crippen LogP contribution in [0.5, 0.6) is 0 Å². The summed E-state index contributed by atoms with van der Waals surface area (Å²) in [5.74, 6) is 0. The van der Waals surface area contributed by atoms with Crippen molar-refractivity contribution in [2.45, 2.75) is 39.8 Å². The Morgan fingerprint density at radius 3 is 3.00 bits per heavy atom. The third-order valence-corrected chi connectivity index (χ3v) is 3.93. The fraction of sp³-hybridized carbons (Fsp3) is 0.538. The molecule has 0 aliphatic carbocycles. The van der Waals surface area contributed by atoms with Crippen molar-refractivity contribution in [1.82, 2.24) is 14.9 Å². The smallest absolute Gasteiger partial charge is 0.271 e. The van der Waals surface area contributed by atoms with Crippen molar-refractivity contribution in [2.75, 3.05) is 6.54 Å². The van der Waals surface area contributed by atoms with E-state index < -0.39 is 0 Å². The molecule has 0 amide bonds. The average molecular weight is 265 g/mol. The molecular weight excluding hydrogens is 246 g/mol. The molecule has 0 saturated carbocycles. The summed E-state index contributed by atoms with van der Waals surface area (Å²) in [7, 11) is 0. The fourth-order valence-electron chi connectivity index (χ4n) is 1.86.